The second-order valence-corrected chi connectivity index (χ2v) is 4.22. The van der Waals surface area contributed by atoms with Crippen LogP contribution in [0.3, 0.4) is 0 Å². The lowest BCUT2D eigenvalue weighted by atomic mass is 10.1. The molecule has 1 atom stereocenters. The van der Waals surface area contributed by atoms with Crippen LogP contribution in [-0.2, 0) is 4.79 Å². The van der Waals surface area contributed by atoms with E-state index in [2.05, 4.69) is 5.32 Å². The van der Waals surface area contributed by atoms with Gasteiger partial charge < -0.3 is 15.5 Å². The molecule has 0 aliphatic heterocycles. The SMILES string of the molecule is Cc1ccc(C(=O)NCC[C@H](O)C(=O)O)c(C)c1. The first-order valence-electron chi connectivity index (χ1n) is 5.68. The van der Waals surface area contributed by atoms with Gasteiger partial charge in [-0.05, 0) is 25.5 Å². The first kappa shape index (κ1) is 14.2. The second kappa shape index (κ2) is 6.16. The molecule has 0 saturated heterocycles. The summed E-state index contributed by atoms with van der Waals surface area (Å²) >= 11 is 0. The molecule has 0 aliphatic rings. The van der Waals surface area contributed by atoms with E-state index in [4.69, 9.17) is 10.2 Å². The largest absolute Gasteiger partial charge is 0.479 e. The maximum atomic E-state index is 11.8. The predicted octanol–water partition coefficient (Wildman–Crippen LogP) is 0.869. The van der Waals surface area contributed by atoms with E-state index in [-0.39, 0.29) is 18.9 Å². The summed E-state index contributed by atoms with van der Waals surface area (Å²) in [6, 6.07) is 5.47. The molecule has 5 nitrogen and oxygen atoms in total. The van der Waals surface area contributed by atoms with Crippen molar-refractivity contribution in [1.82, 2.24) is 5.32 Å². The Kier molecular flexibility index (Phi) is 4.85. The predicted molar refractivity (Wildman–Crippen MR) is 66.5 cm³/mol. The van der Waals surface area contributed by atoms with Gasteiger partial charge in [0.1, 0.15) is 0 Å². The van der Waals surface area contributed by atoms with Crippen LogP contribution in [-0.4, -0.2) is 34.7 Å². The number of carboxylic acids is 1. The topological polar surface area (TPSA) is 86.6 Å². The average Bonchev–Trinajstić information content (AvgIpc) is 2.28. The minimum atomic E-state index is -1.44. The Morgan fingerprint density at radius 2 is 2.00 bits per heavy atom. The molecule has 0 fully saturated rings. The van der Waals surface area contributed by atoms with Gasteiger partial charge in [-0.1, -0.05) is 17.7 Å². The van der Waals surface area contributed by atoms with E-state index in [1.54, 1.807) is 6.07 Å². The fourth-order valence-electron chi connectivity index (χ4n) is 1.61. The van der Waals surface area contributed by atoms with Gasteiger partial charge in [0.2, 0.25) is 0 Å². The summed E-state index contributed by atoms with van der Waals surface area (Å²) in [4.78, 5) is 22.2. The van der Waals surface area contributed by atoms with Crippen molar-refractivity contribution in [3.8, 4) is 0 Å². The molecule has 1 aromatic rings. The van der Waals surface area contributed by atoms with E-state index >= 15 is 0 Å². The number of amides is 1. The van der Waals surface area contributed by atoms with Gasteiger partial charge in [0.15, 0.2) is 6.10 Å². The summed E-state index contributed by atoms with van der Waals surface area (Å²) in [6.45, 7) is 3.91. The Hall–Kier alpha value is -1.88. The molecule has 98 valence electrons. The molecule has 0 heterocycles. The lowest BCUT2D eigenvalue weighted by molar-refractivity contribution is -0.146. The van der Waals surface area contributed by atoms with Crippen LogP contribution >= 0.6 is 0 Å². The molecule has 18 heavy (non-hydrogen) atoms. The van der Waals surface area contributed by atoms with Gasteiger partial charge in [-0.15, -0.1) is 0 Å². The van der Waals surface area contributed by atoms with Crippen molar-refractivity contribution < 1.29 is 19.8 Å². The summed E-state index contributed by atoms with van der Waals surface area (Å²) in [7, 11) is 0. The highest BCUT2D eigenvalue weighted by Gasteiger charge is 2.14. The van der Waals surface area contributed by atoms with E-state index in [0.29, 0.717) is 5.56 Å². The number of nitrogens with one attached hydrogen (secondary N) is 1. The molecule has 0 saturated carbocycles. The number of aliphatic hydroxyl groups is 1. The highest BCUT2D eigenvalue weighted by Crippen LogP contribution is 2.10. The summed E-state index contributed by atoms with van der Waals surface area (Å²) in [5, 5.41) is 20.1. The Balaban J connectivity index is 2.53. The number of carbonyl (C=O) groups excluding carboxylic acids is 1. The average molecular weight is 251 g/mol. The smallest absolute Gasteiger partial charge is 0.332 e. The first-order chi connectivity index (χ1) is 8.41. The van der Waals surface area contributed by atoms with Crippen LogP contribution in [0, 0.1) is 13.8 Å². The summed E-state index contributed by atoms with van der Waals surface area (Å²) in [6.07, 6.45) is -1.45. The van der Waals surface area contributed by atoms with Gasteiger partial charge >= 0.3 is 5.97 Å². The standard InChI is InChI=1S/C13H17NO4/c1-8-3-4-10(9(2)7-8)12(16)14-6-5-11(15)13(17)18/h3-4,7,11,15H,5-6H2,1-2H3,(H,14,16)(H,17,18)/t11-/m0/s1. The van der Waals surface area contributed by atoms with Crippen LogP contribution in [0.15, 0.2) is 18.2 Å². The van der Waals surface area contributed by atoms with Crippen molar-refractivity contribution in [2.24, 2.45) is 0 Å². The third-order valence-corrected chi connectivity index (χ3v) is 2.61. The van der Waals surface area contributed by atoms with Crippen LogP contribution in [0.2, 0.25) is 0 Å². The zero-order valence-electron chi connectivity index (χ0n) is 10.4. The number of aryl methyl sites for hydroxylation is 2. The lowest BCUT2D eigenvalue weighted by Gasteiger charge is -2.09. The number of rotatable bonds is 5. The number of hydrogen-bond acceptors (Lipinski definition) is 3. The Morgan fingerprint density at radius 1 is 1.33 bits per heavy atom. The van der Waals surface area contributed by atoms with E-state index in [1.165, 1.54) is 0 Å². The van der Waals surface area contributed by atoms with E-state index < -0.39 is 12.1 Å². The number of carbonyl (C=O) groups is 2. The molecule has 5 heteroatoms. The van der Waals surface area contributed by atoms with E-state index in [9.17, 15) is 9.59 Å². The second-order valence-electron chi connectivity index (χ2n) is 4.22. The molecule has 1 amide bonds. The number of benzene rings is 1. The monoisotopic (exact) mass is 251 g/mol. The normalized spacial score (nSPS) is 11.9. The number of carboxylic acid groups (broad SMARTS) is 1. The van der Waals surface area contributed by atoms with Crippen LogP contribution in [0.25, 0.3) is 0 Å². The van der Waals surface area contributed by atoms with Crippen molar-refractivity contribution >= 4 is 11.9 Å². The van der Waals surface area contributed by atoms with Crippen molar-refractivity contribution in [2.45, 2.75) is 26.4 Å². The van der Waals surface area contributed by atoms with Crippen LogP contribution in [0.5, 0.6) is 0 Å². The van der Waals surface area contributed by atoms with Crippen LogP contribution in [0.4, 0.5) is 0 Å². The fourth-order valence-corrected chi connectivity index (χ4v) is 1.61. The zero-order chi connectivity index (χ0) is 13.7. The highest BCUT2D eigenvalue weighted by molar-refractivity contribution is 5.95. The molecule has 1 aromatic carbocycles. The number of aliphatic carboxylic acids is 1. The number of hydrogen-bond donors (Lipinski definition) is 3. The van der Waals surface area contributed by atoms with Crippen molar-refractivity contribution in [2.75, 3.05) is 6.54 Å². The van der Waals surface area contributed by atoms with Crippen molar-refractivity contribution in [3.05, 3.63) is 34.9 Å². The molecule has 0 spiro atoms. The van der Waals surface area contributed by atoms with Crippen LogP contribution in [0.1, 0.15) is 27.9 Å². The molecule has 0 unspecified atom stereocenters. The van der Waals surface area contributed by atoms with Gasteiger partial charge in [-0.2, -0.15) is 0 Å². The van der Waals surface area contributed by atoms with E-state index in [1.807, 2.05) is 26.0 Å². The molecule has 3 N–H and O–H groups in total. The van der Waals surface area contributed by atoms with Crippen LogP contribution < -0.4 is 5.32 Å². The third-order valence-electron chi connectivity index (χ3n) is 2.61. The van der Waals surface area contributed by atoms with Gasteiger partial charge in [-0.3, -0.25) is 4.79 Å². The highest BCUT2D eigenvalue weighted by atomic mass is 16.4. The molecule has 1 rings (SSSR count). The molecular weight excluding hydrogens is 234 g/mol. The first-order valence-corrected chi connectivity index (χ1v) is 5.68. The minimum Gasteiger partial charge on any atom is -0.479 e. The summed E-state index contributed by atoms with van der Waals surface area (Å²) in [5.41, 5.74) is 2.50. The zero-order valence-corrected chi connectivity index (χ0v) is 10.4. The molecule has 0 aromatic heterocycles. The summed E-state index contributed by atoms with van der Waals surface area (Å²) in [5.74, 6) is -1.54. The Bertz CT molecular complexity index is 456. The quantitative estimate of drug-likeness (QED) is 0.724. The van der Waals surface area contributed by atoms with Crippen molar-refractivity contribution in [3.63, 3.8) is 0 Å². The fraction of sp³-hybridized carbons (Fsp3) is 0.385. The third kappa shape index (κ3) is 3.85. The Morgan fingerprint density at radius 3 is 2.56 bits per heavy atom. The molecule has 0 radical (unpaired) electrons. The summed E-state index contributed by atoms with van der Waals surface area (Å²) < 4.78 is 0. The molecular formula is C13H17NO4. The number of aliphatic hydroxyl groups excluding tert-OH is 1. The minimum absolute atomic E-state index is 0.00795. The maximum Gasteiger partial charge on any atom is 0.332 e. The Labute approximate surface area is 105 Å². The lowest BCUT2D eigenvalue weighted by Crippen LogP contribution is -2.30. The molecule has 0 aliphatic carbocycles. The molecule has 0 bridgehead atoms. The van der Waals surface area contributed by atoms with Gasteiger partial charge in [0.05, 0.1) is 0 Å². The van der Waals surface area contributed by atoms with Gasteiger partial charge in [0.25, 0.3) is 5.91 Å². The van der Waals surface area contributed by atoms with Crippen molar-refractivity contribution in [1.29, 1.82) is 0 Å². The van der Waals surface area contributed by atoms with Gasteiger partial charge in [-0.25, -0.2) is 4.79 Å². The maximum absolute atomic E-state index is 11.8. The van der Waals surface area contributed by atoms with E-state index in [0.717, 1.165) is 11.1 Å². The van der Waals surface area contributed by atoms with Gasteiger partial charge in [0, 0.05) is 18.5 Å².